The number of benzene rings is 1. The summed E-state index contributed by atoms with van der Waals surface area (Å²) in [7, 11) is 0. The summed E-state index contributed by atoms with van der Waals surface area (Å²) >= 11 is 2.01. The van der Waals surface area contributed by atoms with Crippen molar-refractivity contribution in [3.05, 3.63) is 23.8 Å². The fraction of sp³-hybridized carbons (Fsp3) is 0.533. The highest BCUT2D eigenvalue weighted by atomic mass is 32.2. The van der Waals surface area contributed by atoms with Gasteiger partial charge in [0.1, 0.15) is 0 Å². The van der Waals surface area contributed by atoms with Crippen LogP contribution in [0.1, 0.15) is 37.0 Å². The smallest absolute Gasteiger partial charge is 0.340 e. The van der Waals surface area contributed by atoms with Gasteiger partial charge in [0.05, 0.1) is 12.2 Å². The van der Waals surface area contributed by atoms with Crippen molar-refractivity contribution in [3.63, 3.8) is 0 Å². The van der Waals surface area contributed by atoms with E-state index in [2.05, 4.69) is 12.2 Å². The molecule has 0 saturated carbocycles. The number of nitrogens with one attached hydrogen (secondary N) is 1. The van der Waals surface area contributed by atoms with Crippen molar-refractivity contribution in [2.24, 2.45) is 0 Å². The number of hydrogen-bond donors (Lipinski definition) is 2. The van der Waals surface area contributed by atoms with E-state index in [1.54, 1.807) is 19.1 Å². The van der Waals surface area contributed by atoms with Crippen LogP contribution in [0, 0.1) is 0 Å². The third-order valence-electron chi connectivity index (χ3n) is 3.52. The summed E-state index contributed by atoms with van der Waals surface area (Å²) in [4.78, 5) is 11.8. The third-order valence-corrected chi connectivity index (χ3v) is 5.05. The average molecular weight is 294 g/mol. The molecule has 1 aliphatic heterocycles. The molecule has 110 valence electrons. The van der Waals surface area contributed by atoms with Crippen LogP contribution in [0.15, 0.2) is 18.2 Å². The van der Waals surface area contributed by atoms with Crippen molar-refractivity contribution in [1.29, 1.82) is 0 Å². The lowest BCUT2D eigenvalue weighted by atomic mass is 10.1. The maximum atomic E-state index is 11.8. The van der Waals surface area contributed by atoms with E-state index in [4.69, 9.17) is 10.5 Å². The molecule has 0 aromatic heterocycles. The first-order valence-corrected chi connectivity index (χ1v) is 7.97. The molecule has 1 atom stereocenters. The number of carbonyl (C=O) groups excluding carboxylic acids is 1. The fourth-order valence-electron chi connectivity index (χ4n) is 2.32. The molecule has 1 fully saturated rings. The minimum Gasteiger partial charge on any atom is -0.462 e. The molecule has 0 bridgehead atoms. The molecule has 1 heterocycles. The number of carbonyl (C=O) groups is 1. The lowest BCUT2D eigenvalue weighted by Crippen LogP contribution is -2.27. The van der Waals surface area contributed by atoms with Gasteiger partial charge in [-0.25, -0.2) is 4.79 Å². The number of rotatable bonds is 5. The number of ether oxygens (including phenoxy) is 1. The Bertz CT molecular complexity index is 485. The Morgan fingerprint density at radius 1 is 1.55 bits per heavy atom. The van der Waals surface area contributed by atoms with Crippen molar-refractivity contribution >= 4 is 29.1 Å². The van der Waals surface area contributed by atoms with E-state index < -0.39 is 0 Å². The third kappa shape index (κ3) is 3.60. The van der Waals surface area contributed by atoms with Gasteiger partial charge in [0, 0.05) is 22.7 Å². The van der Waals surface area contributed by atoms with Crippen LogP contribution in [-0.4, -0.2) is 29.6 Å². The highest BCUT2D eigenvalue weighted by Gasteiger charge is 2.29. The molecule has 0 aliphatic carbocycles. The second kappa shape index (κ2) is 6.39. The first-order valence-electron chi connectivity index (χ1n) is 6.98. The van der Waals surface area contributed by atoms with Gasteiger partial charge in [0.25, 0.3) is 0 Å². The topological polar surface area (TPSA) is 64.3 Å². The molecule has 1 unspecified atom stereocenters. The summed E-state index contributed by atoms with van der Waals surface area (Å²) in [6, 6.07) is 5.43. The van der Waals surface area contributed by atoms with Crippen molar-refractivity contribution in [1.82, 2.24) is 0 Å². The van der Waals surface area contributed by atoms with Gasteiger partial charge in [-0.2, -0.15) is 11.8 Å². The first-order chi connectivity index (χ1) is 9.54. The molecule has 0 radical (unpaired) electrons. The quantitative estimate of drug-likeness (QED) is 0.645. The van der Waals surface area contributed by atoms with Crippen LogP contribution < -0.4 is 11.1 Å². The van der Waals surface area contributed by atoms with E-state index in [0.717, 1.165) is 12.2 Å². The maximum Gasteiger partial charge on any atom is 0.340 e. The molecule has 2 rings (SSSR count). The Kier molecular flexibility index (Phi) is 4.81. The molecule has 3 N–H and O–H groups in total. The minimum absolute atomic E-state index is 0.283. The monoisotopic (exact) mass is 294 g/mol. The molecular formula is C15H22N2O2S. The van der Waals surface area contributed by atoms with Crippen LogP contribution in [0.25, 0.3) is 0 Å². The Morgan fingerprint density at radius 3 is 3.00 bits per heavy atom. The van der Waals surface area contributed by atoms with E-state index in [0.29, 0.717) is 17.9 Å². The average Bonchev–Trinajstić information content (AvgIpc) is 2.85. The summed E-state index contributed by atoms with van der Waals surface area (Å²) in [5, 5.41) is 3.41. The summed E-state index contributed by atoms with van der Waals surface area (Å²) in [6.07, 6.45) is 2.50. The lowest BCUT2D eigenvalue weighted by molar-refractivity contribution is 0.0527. The molecule has 1 saturated heterocycles. The van der Waals surface area contributed by atoms with Gasteiger partial charge in [0.15, 0.2) is 0 Å². The fourth-order valence-corrected chi connectivity index (χ4v) is 3.56. The van der Waals surface area contributed by atoms with E-state index in [-0.39, 0.29) is 10.7 Å². The minimum atomic E-state index is -0.366. The molecule has 1 aliphatic rings. The zero-order valence-corrected chi connectivity index (χ0v) is 12.9. The Hall–Kier alpha value is -1.36. The Labute approximate surface area is 124 Å². The highest BCUT2D eigenvalue weighted by molar-refractivity contribution is 8.00. The molecule has 5 heteroatoms. The molecule has 4 nitrogen and oxygen atoms in total. The van der Waals surface area contributed by atoms with Gasteiger partial charge in [-0.05, 0) is 50.6 Å². The lowest BCUT2D eigenvalue weighted by Gasteiger charge is -2.23. The number of thioether (sulfide) groups is 1. The standard InChI is InChI=1S/C15H22N2O2S/c1-3-19-14(18)12-9-11(5-6-13(12)16)17-10-15(2)7-4-8-20-15/h5-6,9,17H,3-4,7-8,10,16H2,1-2H3. The van der Waals surface area contributed by atoms with E-state index in [1.165, 1.54) is 18.6 Å². The van der Waals surface area contributed by atoms with Crippen molar-refractivity contribution in [2.45, 2.75) is 31.4 Å². The van der Waals surface area contributed by atoms with Crippen molar-refractivity contribution < 1.29 is 9.53 Å². The molecular weight excluding hydrogens is 272 g/mol. The van der Waals surface area contributed by atoms with Gasteiger partial charge < -0.3 is 15.8 Å². The number of esters is 1. The summed E-state index contributed by atoms with van der Waals surface area (Å²) in [5.74, 6) is 0.865. The number of anilines is 2. The normalized spacial score (nSPS) is 21.7. The molecule has 20 heavy (non-hydrogen) atoms. The first kappa shape index (κ1) is 15.0. The highest BCUT2D eigenvalue weighted by Crippen LogP contribution is 2.37. The molecule has 0 spiro atoms. The predicted molar refractivity (Wildman–Crippen MR) is 85.4 cm³/mol. The SMILES string of the molecule is CCOC(=O)c1cc(NCC2(C)CCCS2)ccc1N. The van der Waals surface area contributed by atoms with Gasteiger partial charge in [0.2, 0.25) is 0 Å². The van der Waals surface area contributed by atoms with E-state index in [9.17, 15) is 4.79 Å². The molecule has 1 aromatic carbocycles. The maximum absolute atomic E-state index is 11.8. The number of nitrogen functional groups attached to an aromatic ring is 1. The van der Waals surface area contributed by atoms with Crippen molar-refractivity contribution in [2.75, 3.05) is 30.0 Å². The largest absolute Gasteiger partial charge is 0.462 e. The summed E-state index contributed by atoms with van der Waals surface area (Å²) < 4.78 is 5.29. The van der Waals surface area contributed by atoms with Crippen LogP contribution in [-0.2, 0) is 4.74 Å². The van der Waals surface area contributed by atoms with E-state index in [1.807, 2.05) is 17.8 Å². The van der Waals surface area contributed by atoms with Gasteiger partial charge >= 0.3 is 5.97 Å². The second-order valence-corrected chi connectivity index (χ2v) is 6.96. The molecule has 1 aromatic rings. The summed E-state index contributed by atoms with van der Waals surface area (Å²) in [6.45, 7) is 5.31. The van der Waals surface area contributed by atoms with Crippen LogP contribution >= 0.6 is 11.8 Å². The van der Waals surface area contributed by atoms with E-state index >= 15 is 0 Å². The van der Waals surface area contributed by atoms with Crippen LogP contribution in [0.5, 0.6) is 0 Å². The number of nitrogens with two attached hydrogens (primary N) is 1. The van der Waals surface area contributed by atoms with Crippen LogP contribution in [0.4, 0.5) is 11.4 Å². The predicted octanol–water partition coefficient (Wildman–Crippen LogP) is 3.14. The molecule has 0 amide bonds. The number of hydrogen-bond acceptors (Lipinski definition) is 5. The van der Waals surface area contributed by atoms with Gasteiger partial charge in [-0.1, -0.05) is 0 Å². The Morgan fingerprint density at radius 2 is 2.35 bits per heavy atom. The summed E-state index contributed by atoms with van der Waals surface area (Å²) in [5.41, 5.74) is 7.63. The second-order valence-electron chi connectivity index (χ2n) is 5.28. The van der Waals surface area contributed by atoms with Gasteiger partial charge in [-0.3, -0.25) is 0 Å². The zero-order valence-electron chi connectivity index (χ0n) is 12.1. The Balaban J connectivity index is 2.05. The van der Waals surface area contributed by atoms with Crippen LogP contribution in [0.2, 0.25) is 0 Å². The van der Waals surface area contributed by atoms with Crippen LogP contribution in [0.3, 0.4) is 0 Å². The van der Waals surface area contributed by atoms with Gasteiger partial charge in [-0.15, -0.1) is 0 Å². The zero-order chi connectivity index (χ0) is 14.6. The van der Waals surface area contributed by atoms with Crippen molar-refractivity contribution in [3.8, 4) is 0 Å².